The molecule has 1 N–H and O–H groups in total. The van der Waals surface area contributed by atoms with E-state index in [1.54, 1.807) is 22.5 Å². The van der Waals surface area contributed by atoms with Gasteiger partial charge in [0.15, 0.2) is 0 Å². The van der Waals surface area contributed by atoms with Crippen LogP contribution in [0, 0.1) is 12.8 Å². The van der Waals surface area contributed by atoms with Crippen LogP contribution in [0.1, 0.15) is 12.0 Å². The summed E-state index contributed by atoms with van der Waals surface area (Å²) in [6, 6.07) is 7.12. The molecule has 0 saturated carbocycles. The Labute approximate surface area is 109 Å². The van der Waals surface area contributed by atoms with E-state index in [0.29, 0.717) is 23.9 Å². The topological polar surface area (TPSA) is 49.4 Å². The molecule has 1 aliphatic rings. The van der Waals surface area contributed by atoms with Crippen molar-refractivity contribution in [3.8, 4) is 0 Å². The second-order valence-electron chi connectivity index (χ2n) is 4.89. The van der Waals surface area contributed by atoms with Crippen molar-refractivity contribution in [1.82, 2.24) is 9.62 Å². The van der Waals surface area contributed by atoms with Crippen molar-refractivity contribution >= 4 is 10.0 Å². The van der Waals surface area contributed by atoms with E-state index in [-0.39, 0.29) is 0 Å². The summed E-state index contributed by atoms with van der Waals surface area (Å²) in [7, 11) is -1.41. The van der Waals surface area contributed by atoms with Crippen molar-refractivity contribution in [2.45, 2.75) is 18.2 Å². The highest BCUT2D eigenvalue weighted by Gasteiger charge is 2.31. The molecule has 4 nitrogen and oxygen atoms in total. The Bertz CT molecular complexity index is 513. The smallest absolute Gasteiger partial charge is 0.243 e. The first-order chi connectivity index (χ1) is 8.54. The van der Waals surface area contributed by atoms with Crippen LogP contribution in [-0.4, -0.2) is 39.4 Å². The molecule has 1 aliphatic heterocycles. The molecule has 0 spiro atoms. The number of aryl methyl sites for hydroxylation is 1. The van der Waals surface area contributed by atoms with E-state index in [1.165, 1.54) is 0 Å². The molecule has 1 saturated heterocycles. The van der Waals surface area contributed by atoms with Gasteiger partial charge in [-0.3, -0.25) is 0 Å². The van der Waals surface area contributed by atoms with Gasteiger partial charge < -0.3 is 5.32 Å². The number of hydrogen-bond donors (Lipinski definition) is 1. The second-order valence-corrected chi connectivity index (χ2v) is 6.83. The maximum absolute atomic E-state index is 12.4. The summed E-state index contributed by atoms with van der Waals surface area (Å²) in [6.07, 6.45) is 0.936. The van der Waals surface area contributed by atoms with Crippen molar-refractivity contribution in [3.63, 3.8) is 0 Å². The lowest BCUT2D eigenvalue weighted by atomic mass is 10.1. The molecule has 1 aromatic carbocycles. The van der Waals surface area contributed by atoms with Crippen LogP contribution in [0.3, 0.4) is 0 Å². The molecule has 0 aliphatic carbocycles. The standard InChI is InChI=1S/C13H20N2O2S/c1-11-4-3-5-13(8-11)18(16,17)15-7-6-12(10-15)9-14-2/h3-5,8,12,14H,6-7,9-10H2,1-2H3/t12-/m1/s1. The van der Waals surface area contributed by atoms with Crippen molar-refractivity contribution in [2.24, 2.45) is 5.92 Å². The van der Waals surface area contributed by atoms with Crippen LogP contribution < -0.4 is 5.32 Å². The summed E-state index contributed by atoms with van der Waals surface area (Å²) in [4.78, 5) is 0.410. The second kappa shape index (κ2) is 5.38. The van der Waals surface area contributed by atoms with Crippen molar-refractivity contribution in [1.29, 1.82) is 0 Å². The quantitative estimate of drug-likeness (QED) is 0.893. The zero-order valence-electron chi connectivity index (χ0n) is 10.9. The van der Waals surface area contributed by atoms with Gasteiger partial charge >= 0.3 is 0 Å². The third kappa shape index (κ3) is 2.74. The van der Waals surface area contributed by atoms with Gasteiger partial charge in [0.2, 0.25) is 10.0 Å². The van der Waals surface area contributed by atoms with E-state index in [1.807, 2.05) is 20.0 Å². The lowest BCUT2D eigenvalue weighted by molar-refractivity contribution is 0.451. The van der Waals surface area contributed by atoms with Gasteiger partial charge in [-0.15, -0.1) is 0 Å². The first kappa shape index (κ1) is 13.5. The molecule has 2 rings (SSSR count). The lowest BCUT2D eigenvalue weighted by Gasteiger charge is -2.17. The summed E-state index contributed by atoms with van der Waals surface area (Å²) < 4.78 is 26.5. The molecule has 1 fully saturated rings. The summed E-state index contributed by atoms with van der Waals surface area (Å²) in [5.74, 6) is 0.426. The molecule has 0 radical (unpaired) electrons. The van der Waals surface area contributed by atoms with Gasteiger partial charge in [-0.05, 0) is 50.6 Å². The van der Waals surface area contributed by atoms with Crippen LogP contribution >= 0.6 is 0 Å². The number of benzene rings is 1. The Morgan fingerprint density at radius 1 is 1.44 bits per heavy atom. The van der Waals surface area contributed by atoms with E-state index < -0.39 is 10.0 Å². The maximum Gasteiger partial charge on any atom is 0.243 e. The van der Waals surface area contributed by atoms with Gasteiger partial charge in [0, 0.05) is 13.1 Å². The van der Waals surface area contributed by atoms with Crippen molar-refractivity contribution in [2.75, 3.05) is 26.7 Å². The number of rotatable bonds is 4. The average Bonchev–Trinajstić information content (AvgIpc) is 2.79. The zero-order chi connectivity index (χ0) is 13.2. The Balaban J connectivity index is 2.18. The van der Waals surface area contributed by atoms with E-state index in [4.69, 9.17) is 0 Å². The minimum Gasteiger partial charge on any atom is -0.319 e. The normalized spacial score (nSPS) is 21.3. The van der Waals surface area contributed by atoms with Gasteiger partial charge in [0.25, 0.3) is 0 Å². The fourth-order valence-electron chi connectivity index (χ4n) is 2.40. The summed E-state index contributed by atoms with van der Waals surface area (Å²) in [5.41, 5.74) is 0.974. The molecule has 1 aromatic rings. The molecule has 0 unspecified atom stereocenters. The Kier molecular flexibility index (Phi) is 4.04. The molecule has 100 valence electrons. The van der Waals surface area contributed by atoms with E-state index >= 15 is 0 Å². The predicted molar refractivity (Wildman–Crippen MR) is 72.0 cm³/mol. The highest BCUT2D eigenvalue weighted by Crippen LogP contribution is 2.24. The fourth-order valence-corrected chi connectivity index (χ4v) is 4.03. The molecular formula is C13H20N2O2S. The maximum atomic E-state index is 12.4. The van der Waals surface area contributed by atoms with E-state index in [2.05, 4.69) is 5.32 Å². The monoisotopic (exact) mass is 268 g/mol. The van der Waals surface area contributed by atoms with Crippen LogP contribution in [0.2, 0.25) is 0 Å². The number of sulfonamides is 1. The first-order valence-electron chi connectivity index (χ1n) is 6.25. The van der Waals surface area contributed by atoms with E-state index in [0.717, 1.165) is 18.5 Å². The molecule has 0 aromatic heterocycles. The minimum atomic E-state index is -3.31. The zero-order valence-corrected chi connectivity index (χ0v) is 11.7. The highest BCUT2D eigenvalue weighted by molar-refractivity contribution is 7.89. The van der Waals surface area contributed by atoms with Crippen LogP contribution in [0.5, 0.6) is 0 Å². The molecular weight excluding hydrogens is 248 g/mol. The number of hydrogen-bond acceptors (Lipinski definition) is 3. The van der Waals surface area contributed by atoms with Crippen LogP contribution in [0.4, 0.5) is 0 Å². The van der Waals surface area contributed by atoms with Crippen LogP contribution in [0.25, 0.3) is 0 Å². The number of nitrogens with one attached hydrogen (secondary N) is 1. The van der Waals surface area contributed by atoms with Crippen LogP contribution in [-0.2, 0) is 10.0 Å². The van der Waals surface area contributed by atoms with Crippen LogP contribution in [0.15, 0.2) is 29.2 Å². The molecule has 0 amide bonds. The Hall–Kier alpha value is -0.910. The van der Waals surface area contributed by atoms with E-state index in [9.17, 15) is 8.42 Å². The van der Waals surface area contributed by atoms with Gasteiger partial charge in [0.1, 0.15) is 0 Å². The molecule has 0 bridgehead atoms. The Morgan fingerprint density at radius 3 is 2.89 bits per heavy atom. The van der Waals surface area contributed by atoms with Gasteiger partial charge in [-0.1, -0.05) is 12.1 Å². The average molecular weight is 268 g/mol. The molecule has 18 heavy (non-hydrogen) atoms. The van der Waals surface area contributed by atoms with Crippen molar-refractivity contribution in [3.05, 3.63) is 29.8 Å². The molecule has 1 heterocycles. The summed E-state index contributed by atoms with van der Waals surface area (Å²) >= 11 is 0. The summed E-state index contributed by atoms with van der Waals surface area (Å²) in [6.45, 7) is 4.03. The molecule has 5 heteroatoms. The minimum absolute atomic E-state index is 0.410. The fraction of sp³-hybridized carbons (Fsp3) is 0.538. The van der Waals surface area contributed by atoms with Crippen molar-refractivity contribution < 1.29 is 8.42 Å². The van der Waals surface area contributed by atoms with Gasteiger partial charge in [-0.25, -0.2) is 8.42 Å². The largest absolute Gasteiger partial charge is 0.319 e. The Morgan fingerprint density at radius 2 is 2.22 bits per heavy atom. The predicted octanol–water partition coefficient (Wildman–Crippen LogP) is 1.23. The first-order valence-corrected chi connectivity index (χ1v) is 7.69. The highest BCUT2D eigenvalue weighted by atomic mass is 32.2. The summed E-state index contributed by atoms with van der Waals surface area (Å²) in [5, 5.41) is 3.11. The molecule has 1 atom stereocenters. The lowest BCUT2D eigenvalue weighted by Crippen LogP contribution is -2.30. The third-order valence-corrected chi connectivity index (χ3v) is 5.23. The van der Waals surface area contributed by atoms with Gasteiger partial charge in [-0.2, -0.15) is 4.31 Å². The SMILES string of the molecule is CNC[C@H]1CCN(S(=O)(=O)c2cccc(C)c2)C1. The van der Waals surface area contributed by atoms with Gasteiger partial charge in [0.05, 0.1) is 4.90 Å². The number of nitrogens with zero attached hydrogens (tertiary/aromatic N) is 1. The third-order valence-electron chi connectivity index (χ3n) is 3.37.